The van der Waals surface area contributed by atoms with Gasteiger partial charge in [-0.3, -0.25) is 4.98 Å². The maximum absolute atomic E-state index is 9.43. The molecule has 1 heterocycles. The number of hydrogen-bond acceptors (Lipinski definition) is 4. The normalized spacial score (nSPS) is 10.5. The molecule has 3 rings (SSSR count). The lowest BCUT2D eigenvalue weighted by Crippen LogP contribution is -1.97. The van der Waals surface area contributed by atoms with Crippen LogP contribution in [0.5, 0.6) is 0 Å². The van der Waals surface area contributed by atoms with E-state index in [0.717, 1.165) is 16.8 Å². The molecule has 3 aromatic rings. The number of aromatic nitrogens is 2. The minimum Gasteiger partial charge on any atom is -0.392 e. The van der Waals surface area contributed by atoms with Crippen LogP contribution in [0.25, 0.3) is 11.3 Å². The summed E-state index contributed by atoms with van der Waals surface area (Å²) in [5.41, 5.74) is 3.28. The van der Waals surface area contributed by atoms with Crippen LogP contribution in [0.1, 0.15) is 5.56 Å². The fraction of sp³-hybridized carbons (Fsp3) is 0.0588. The van der Waals surface area contributed by atoms with Crippen LogP contribution in [-0.2, 0) is 6.61 Å². The quantitative estimate of drug-likeness (QED) is 0.763. The Balaban J connectivity index is 1.91. The third kappa shape index (κ3) is 3.24. The molecule has 0 aliphatic rings. The van der Waals surface area contributed by atoms with E-state index >= 15 is 0 Å². The molecule has 0 saturated carbocycles. The average Bonchev–Trinajstić information content (AvgIpc) is 2.57. The Morgan fingerprint density at radius 3 is 2.55 bits per heavy atom. The molecule has 0 radical (unpaired) electrons. The number of nitrogens with one attached hydrogen (secondary N) is 1. The standard InChI is InChI=1S/C17H14ClN3O/c18-13-5-7-14(8-6-13)20-17-10-19-9-16(21-17)15-4-2-1-3-12(15)11-22/h1-10,22H,11H2,(H,20,21). The van der Waals surface area contributed by atoms with Gasteiger partial charge in [-0.05, 0) is 29.8 Å². The first-order chi connectivity index (χ1) is 10.8. The maximum atomic E-state index is 9.43. The van der Waals surface area contributed by atoms with Crippen LogP contribution in [0, 0.1) is 0 Å². The van der Waals surface area contributed by atoms with Gasteiger partial charge in [-0.15, -0.1) is 0 Å². The van der Waals surface area contributed by atoms with Gasteiger partial charge in [0.05, 0.1) is 24.7 Å². The number of halogens is 1. The largest absolute Gasteiger partial charge is 0.392 e. The second kappa shape index (κ2) is 6.56. The lowest BCUT2D eigenvalue weighted by atomic mass is 10.1. The molecular weight excluding hydrogens is 298 g/mol. The molecule has 0 bridgehead atoms. The Kier molecular flexibility index (Phi) is 4.32. The van der Waals surface area contributed by atoms with Gasteiger partial charge in [-0.2, -0.15) is 0 Å². The molecule has 22 heavy (non-hydrogen) atoms. The minimum atomic E-state index is -0.0350. The summed E-state index contributed by atoms with van der Waals surface area (Å²) in [7, 11) is 0. The molecule has 1 aromatic heterocycles. The van der Waals surface area contributed by atoms with Gasteiger partial charge in [0, 0.05) is 16.3 Å². The van der Waals surface area contributed by atoms with Crippen molar-refractivity contribution < 1.29 is 5.11 Å². The van der Waals surface area contributed by atoms with Crippen LogP contribution >= 0.6 is 11.6 Å². The highest BCUT2D eigenvalue weighted by Crippen LogP contribution is 2.23. The van der Waals surface area contributed by atoms with E-state index in [4.69, 9.17) is 11.6 Å². The Morgan fingerprint density at radius 2 is 1.77 bits per heavy atom. The lowest BCUT2D eigenvalue weighted by Gasteiger charge is -2.09. The Labute approximate surface area is 133 Å². The van der Waals surface area contributed by atoms with Crippen molar-refractivity contribution in [3.05, 3.63) is 71.5 Å². The molecule has 0 unspecified atom stereocenters. The number of anilines is 2. The highest BCUT2D eigenvalue weighted by Gasteiger charge is 2.07. The smallest absolute Gasteiger partial charge is 0.149 e. The maximum Gasteiger partial charge on any atom is 0.149 e. The van der Waals surface area contributed by atoms with Crippen molar-refractivity contribution in [3.63, 3.8) is 0 Å². The first-order valence-corrected chi connectivity index (χ1v) is 7.18. The van der Waals surface area contributed by atoms with Gasteiger partial charge in [0.1, 0.15) is 5.82 Å². The van der Waals surface area contributed by atoms with E-state index in [1.54, 1.807) is 12.4 Å². The van der Waals surface area contributed by atoms with E-state index in [2.05, 4.69) is 15.3 Å². The SMILES string of the molecule is OCc1ccccc1-c1cncc(Nc2ccc(Cl)cc2)n1. The van der Waals surface area contributed by atoms with E-state index in [-0.39, 0.29) is 6.61 Å². The summed E-state index contributed by atoms with van der Waals surface area (Å²) in [4.78, 5) is 8.77. The Hall–Kier alpha value is -2.43. The molecule has 0 saturated heterocycles. The first-order valence-electron chi connectivity index (χ1n) is 6.80. The van der Waals surface area contributed by atoms with Gasteiger partial charge < -0.3 is 10.4 Å². The molecule has 2 N–H and O–H groups in total. The number of benzene rings is 2. The fourth-order valence-corrected chi connectivity index (χ4v) is 2.27. The van der Waals surface area contributed by atoms with Gasteiger partial charge in [0.15, 0.2) is 0 Å². The second-order valence-corrected chi connectivity index (χ2v) is 5.17. The topological polar surface area (TPSA) is 58.0 Å². The summed E-state index contributed by atoms with van der Waals surface area (Å²) >= 11 is 5.87. The zero-order valence-electron chi connectivity index (χ0n) is 11.7. The first kappa shape index (κ1) is 14.5. The number of aliphatic hydroxyl groups excluding tert-OH is 1. The monoisotopic (exact) mass is 311 g/mol. The van der Waals surface area contributed by atoms with Crippen molar-refractivity contribution in [2.75, 3.05) is 5.32 Å². The molecule has 0 aliphatic carbocycles. The van der Waals surface area contributed by atoms with Crippen LogP contribution in [0.3, 0.4) is 0 Å². The summed E-state index contributed by atoms with van der Waals surface area (Å²) in [5.74, 6) is 0.632. The van der Waals surface area contributed by atoms with Gasteiger partial charge in [-0.1, -0.05) is 35.9 Å². The van der Waals surface area contributed by atoms with E-state index in [0.29, 0.717) is 16.5 Å². The van der Waals surface area contributed by atoms with Gasteiger partial charge in [-0.25, -0.2) is 4.98 Å². The average molecular weight is 312 g/mol. The van der Waals surface area contributed by atoms with E-state index < -0.39 is 0 Å². The van der Waals surface area contributed by atoms with Gasteiger partial charge in [0.2, 0.25) is 0 Å². The summed E-state index contributed by atoms with van der Waals surface area (Å²) in [6.07, 6.45) is 3.33. The second-order valence-electron chi connectivity index (χ2n) is 4.74. The number of nitrogens with zero attached hydrogens (tertiary/aromatic N) is 2. The highest BCUT2D eigenvalue weighted by molar-refractivity contribution is 6.30. The summed E-state index contributed by atoms with van der Waals surface area (Å²) < 4.78 is 0. The molecule has 0 aliphatic heterocycles. The van der Waals surface area contributed by atoms with Crippen LogP contribution in [0.4, 0.5) is 11.5 Å². The Bertz CT molecular complexity index is 775. The third-order valence-electron chi connectivity index (χ3n) is 3.21. The predicted octanol–water partition coefficient (Wildman–Crippen LogP) is 4.03. The number of aliphatic hydroxyl groups is 1. The van der Waals surface area contributed by atoms with E-state index in [9.17, 15) is 5.11 Å². The van der Waals surface area contributed by atoms with Gasteiger partial charge >= 0.3 is 0 Å². The molecule has 0 atom stereocenters. The fourth-order valence-electron chi connectivity index (χ4n) is 2.15. The van der Waals surface area contributed by atoms with Crippen LogP contribution < -0.4 is 5.32 Å². The third-order valence-corrected chi connectivity index (χ3v) is 3.47. The molecule has 0 amide bonds. The van der Waals surface area contributed by atoms with Crippen molar-refractivity contribution in [1.82, 2.24) is 9.97 Å². The van der Waals surface area contributed by atoms with Crippen LogP contribution in [0.2, 0.25) is 5.02 Å². The number of hydrogen-bond donors (Lipinski definition) is 2. The molecule has 0 spiro atoms. The Morgan fingerprint density at radius 1 is 1.00 bits per heavy atom. The molecule has 110 valence electrons. The van der Waals surface area contributed by atoms with E-state index in [1.165, 1.54) is 0 Å². The molecular formula is C17H14ClN3O. The lowest BCUT2D eigenvalue weighted by molar-refractivity contribution is 0.282. The summed E-state index contributed by atoms with van der Waals surface area (Å²) in [6, 6.07) is 15.0. The number of rotatable bonds is 4. The molecule has 4 nitrogen and oxygen atoms in total. The zero-order valence-corrected chi connectivity index (χ0v) is 12.5. The predicted molar refractivity (Wildman–Crippen MR) is 88.1 cm³/mol. The zero-order chi connectivity index (χ0) is 15.4. The van der Waals surface area contributed by atoms with Crippen molar-refractivity contribution in [1.29, 1.82) is 0 Å². The summed E-state index contributed by atoms with van der Waals surface area (Å²) in [5, 5.41) is 13.3. The highest BCUT2D eigenvalue weighted by atomic mass is 35.5. The van der Waals surface area contributed by atoms with Crippen molar-refractivity contribution in [2.45, 2.75) is 6.61 Å². The molecule has 0 fully saturated rings. The van der Waals surface area contributed by atoms with Gasteiger partial charge in [0.25, 0.3) is 0 Å². The van der Waals surface area contributed by atoms with Crippen molar-refractivity contribution >= 4 is 23.1 Å². The van der Waals surface area contributed by atoms with Crippen molar-refractivity contribution in [2.24, 2.45) is 0 Å². The molecule has 5 heteroatoms. The molecule has 2 aromatic carbocycles. The van der Waals surface area contributed by atoms with Crippen molar-refractivity contribution in [3.8, 4) is 11.3 Å². The van der Waals surface area contributed by atoms with E-state index in [1.807, 2.05) is 48.5 Å². The minimum absolute atomic E-state index is 0.0350. The van der Waals surface area contributed by atoms with Crippen LogP contribution in [-0.4, -0.2) is 15.1 Å². The van der Waals surface area contributed by atoms with Crippen LogP contribution in [0.15, 0.2) is 60.9 Å². The summed E-state index contributed by atoms with van der Waals surface area (Å²) in [6.45, 7) is -0.0350.